The largest absolute Gasteiger partial charge is 0.455 e. The number of nitrogens with zero attached hydrogens (tertiary/aromatic N) is 3. The Labute approximate surface area is 198 Å². The molecule has 0 amide bonds. The summed E-state index contributed by atoms with van der Waals surface area (Å²) >= 11 is 1.21. The monoisotopic (exact) mass is 518 g/mol. The summed E-state index contributed by atoms with van der Waals surface area (Å²) in [5.41, 5.74) is 2.57. The van der Waals surface area contributed by atoms with Crippen LogP contribution in [0.5, 0.6) is 0 Å². The van der Waals surface area contributed by atoms with Crippen molar-refractivity contribution in [3.05, 3.63) is 58.1 Å². The number of furan rings is 1. The zero-order valence-corrected chi connectivity index (χ0v) is 19.9. The first-order valence-corrected chi connectivity index (χ1v) is 12.7. The van der Waals surface area contributed by atoms with Gasteiger partial charge in [-0.05, 0) is 43.2 Å². The smallest absolute Gasteiger partial charge is 0.449 e. The highest BCUT2D eigenvalue weighted by atomic mass is 32.2. The molecule has 7 nitrogen and oxygen atoms in total. The predicted molar refractivity (Wildman–Crippen MR) is 120 cm³/mol. The maximum atomic E-state index is 14.9. The van der Waals surface area contributed by atoms with Crippen LogP contribution in [0.1, 0.15) is 23.5 Å². The second-order valence-electron chi connectivity index (χ2n) is 8.10. The number of thiazole rings is 1. The number of rotatable bonds is 7. The number of aryl methyl sites for hydroxylation is 1. The zero-order valence-electron chi connectivity index (χ0n) is 18.3. The Hall–Kier alpha value is -2.64. The van der Waals surface area contributed by atoms with Gasteiger partial charge >= 0.3 is 6.18 Å². The van der Waals surface area contributed by atoms with E-state index < -0.39 is 32.7 Å². The van der Waals surface area contributed by atoms with Crippen LogP contribution in [0.15, 0.2) is 44.5 Å². The summed E-state index contributed by atoms with van der Waals surface area (Å²) in [7, 11) is -2.36. The molecule has 34 heavy (non-hydrogen) atoms. The van der Waals surface area contributed by atoms with E-state index in [4.69, 9.17) is 4.42 Å². The molecule has 2 aromatic heterocycles. The molecular weight excluding hydrogens is 496 g/mol. The Morgan fingerprint density at radius 1 is 1.32 bits per heavy atom. The summed E-state index contributed by atoms with van der Waals surface area (Å²) in [6.45, 7) is 3.09. The minimum Gasteiger partial charge on any atom is -0.455 e. The van der Waals surface area contributed by atoms with Gasteiger partial charge in [0.05, 0.1) is 12.1 Å². The van der Waals surface area contributed by atoms with E-state index in [9.17, 15) is 26.0 Å². The van der Waals surface area contributed by atoms with Gasteiger partial charge < -0.3 is 9.32 Å². The molecule has 3 aromatic rings. The molecule has 1 N–H and O–H groups in total. The quantitative estimate of drug-likeness (QED) is 0.457. The number of nitrogens with one attached hydrogen (secondary N) is 1. The molecule has 0 spiro atoms. The third kappa shape index (κ3) is 5.20. The normalized spacial score (nSPS) is 17.3. The second-order valence-corrected chi connectivity index (χ2v) is 10.5. The van der Waals surface area contributed by atoms with Crippen LogP contribution in [0.25, 0.3) is 0 Å². The molecule has 4 rings (SSSR count). The molecular formula is C21H22F4N4O3S2. The van der Waals surface area contributed by atoms with Crippen LogP contribution in [0.2, 0.25) is 0 Å². The molecule has 0 aliphatic carbocycles. The summed E-state index contributed by atoms with van der Waals surface area (Å²) in [5, 5.41) is 1.50. The number of sulfonamides is 1. The number of hydrogen-bond acceptors (Lipinski definition) is 7. The Balaban J connectivity index is 1.45. The number of halogens is 4. The number of aromatic nitrogens is 1. The van der Waals surface area contributed by atoms with Crippen LogP contribution < -0.4 is 9.62 Å². The van der Waals surface area contributed by atoms with Crippen molar-refractivity contribution < 1.29 is 30.4 Å². The van der Waals surface area contributed by atoms with Gasteiger partial charge in [-0.3, -0.25) is 9.62 Å². The van der Waals surface area contributed by atoms with Crippen molar-refractivity contribution in [3.8, 4) is 0 Å². The van der Waals surface area contributed by atoms with Crippen LogP contribution >= 0.6 is 11.3 Å². The number of hydrogen-bond donors (Lipinski definition) is 1. The van der Waals surface area contributed by atoms with E-state index in [-0.39, 0.29) is 24.2 Å². The standard InChI is InChI=1S/C21H22F4N4O3S2/c1-13-7-18(34(30,31)27-20-11-33-12-26-20)16(22)8-17(13)28(2)14-5-6-29(9-14)10-15-3-4-19(32-15)21(23,24)25/h3-4,7-8,11-12,14,27H,5-6,9-10H2,1-2H3. The van der Waals surface area contributed by atoms with Crippen molar-refractivity contribution in [2.45, 2.75) is 37.0 Å². The molecule has 3 heterocycles. The average molecular weight is 519 g/mol. The van der Waals surface area contributed by atoms with Gasteiger partial charge in [0.2, 0.25) is 5.76 Å². The lowest BCUT2D eigenvalue weighted by molar-refractivity contribution is -0.153. The van der Waals surface area contributed by atoms with E-state index in [1.165, 1.54) is 40.4 Å². The fraction of sp³-hybridized carbons (Fsp3) is 0.381. The van der Waals surface area contributed by atoms with Gasteiger partial charge in [-0.2, -0.15) is 13.2 Å². The molecule has 184 valence electrons. The van der Waals surface area contributed by atoms with Gasteiger partial charge in [-0.15, -0.1) is 11.3 Å². The topological polar surface area (TPSA) is 78.7 Å². The molecule has 0 bridgehead atoms. The Bertz CT molecular complexity index is 1260. The molecule has 1 aromatic carbocycles. The molecule has 1 unspecified atom stereocenters. The summed E-state index contributed by atoms with van der Waals surface area (Å²) in [4.78, 5) is 7.21. The molecule has 0 saturated carbocycles. The van der Waals surface area contributed by atoms with Crippen LogP contribution in [-0.2, 0) is 22.7 Å². The number of alkyl halides is 3. The van der Waals surface area contributed by atoms with Crippen molar-refractivity contribution in [2.24, 2.45) is 0 Å². The highest BCUT2D eigenvalue weighted by Crippen LogP contribution is 2.32. The summed E-state index contributed by atoms with van der Waals surface area (Å²) in [5.74, 6) is -1.57. The lowest BCUT2D eigenvalue weighted by Gasteiger charge is -2.29. The molecule has 0 radical (unpaired) electrons. The van der Waals surface area contributed by atoms with Gasteiger partial charge in [-0.25, -0.2) is 17.8 Å². The number of anilines is 2. The van der Waals surface area contributed by atoms with E-state index in [1.54, 1.807) is 14.0 Å². The molecule has 1 saturated heterocycles. The van der Waals surface area contributed by atoms with E-state index in [0.717, 1.165) is 6.07 Å². The minimum atomic E-state index is -4.52. The lowest BCUT2D eigenvalue weighted by Crippen LogP contribution is -2.35. The number of likely N-dealkylation sites (N-methyl/N-ethyl adjacent to an activating group) is 1. The van der Waals surface area contributed by atoms with E-state index in [0.29, 0.717) is 30.8 Å². The third-order valence-electron chi connectivity index (χ3n) is 5.71. The third-order valence-corrected chi connectivity index (χ3v) is 7.66. The average Bonchev–Trinajstić information content (AvgIpc) is 3.50. The molecule has 1 fully saturated rings. The van der Waals surface area contributed by atoms with Crippen molar-refractivity contribution >= 4 is 32.9 Å². The molecule has 13 heteroatoms. The van der Waals surface area contributed by atoms with Crippen LogP contribution in [0.3, 0.4) is 0 Å². The fourth-order valence-corrected chi connectivity index (χ4v) is 5.69. The fourth-order valence-electron chi connectivity index (χ4n) is 3.99. The SMILES string of the molecule is Cc1cc(S(=O)(=O)Nc2cscn2)c(F)cc1N(C)C1CCN(Cc2ccc(C(F)(F)F)o2)C1. The lowest BCUT2D eigenvalue weighted by atomic mass is 10.1. The highest BCUT2D eigenvalue weighted by molar-refractivity contribution is 7.92. The highest BCUT2D eigenvalue weighted by Gasteiger charge is 2.35. The summed E-state index contributed by atoms with van der Waals surface area (Å²) < 4.78 is 85.5. The first-order chi connectivity index (χ1) is 15.9. The maximum Gasteiger partial charge on any atom is 0.449 e. The molecule has 1 aliphatic rings. The first-order valence-electron chi connectivity index (χ1n) is 10.3. The van der Waals surface area contributed by atoms with Crippen molar-refractivity contribution in [1.82, 2.24) is 9.88 Å². The first kappa shape index (κ1) is 24.5. The predicted octanol–water partition coefficient (Wildman–Crippen LogP) is 4.71. The van der Waals surface area contributed by atoms with Crippen LogP contribution in [-0.4, -0.2) is 44.5 Å². The van der Waals surface area contributed by atoms with Gasteiger partial charge in [0.1, 0.15) is 16.5 Å². The van der Waals surface area contributed by atoms with E-state index in [2.05, 4.69) is 9.71 Å². The van der Waals surface area contributed by atoms with Gasteiger partial charge in [0.15, 0.2) is 5.82 Å². The Morgan fingerprint density at radius 2 is 2.09 bits per heavy atom. The van der Waals surface area contributed by atoms with E-state index in [1.807, 2.05) is 9.80 Å². The van der Waals surface area contributed by atoms with Gasteiger partial charge in [-0.1, -0.05) is 0 Å². The van der Waals surface area contributed by atoms with Crippen molar-refractivity contribution in [1.29, 1.82) is 0 Å². The second kappa shape index (κ2) is 9.19. The Kier molecular flexibility index (Phi) is 6.62. The summed E-state index contributed by atoms with van der Waals surface area (Å²) in [6.07, 6.45) is -3.82. The van der Waals surface area contributed by atoms with Crippen LogP contribution in [0, 0.1) is 12.7 Å². The molecule has 1 aliphatic heterocycles. The minimum absolute atomic E-state index is 0.0364. The summed E-state index contributed by atoms with van der Waals surface area (Å²) in [6, 6.07) is 4.67. The van der Waals surface area contributed by atoms with Crippen LogP contribution in [0.4, 0.5) is 29.1 Å². The van der Waals surface area contributed by atoms with Crippen molar-refractivity contribution in [3.63, 3.8) is 0 Å². The van der Waals surface area contributed by atoms with Crippen molar-refractivity contribution in [2.75, 3.05) is 29.8 Å². The number of likely N-dealkylation sites (tertiary alicyclic amines) is 1. The number of benzene rings is 1. The van der Waals surface area contributed by atoms with E-state index >= 15 is 0 Å². The molecule has 1 atom stereocenters. The maximum absolute atomic E-state index is 14.9. The van der Waals surface area contributed by atoms with Gasteiger partial charge in [0, 0.05) is 37.2 Å². The zero-order chi connectivity index (χ0) is 24.7. The Morgan fingerprint density at radius 3 is 2.74 bits per heavy atom. The van der Waals surface area contributed by atoms with Gasteiger partial charge in [0.25, 0.3) is 10.0 Å².